The maximum absolute atomic E-state index is 11.9. The van der Waals surface area contributed by atoms with Crippen LogP contribution >= 0.6 is 0 Å². The van der Waals surface area contributed by atoms with Gasteiger partial charge in [0, 0.05) is 13.1 Å². The van der Waals surface area contributed by atoms with Crippen LogP contribution in [0.3, 0.4) is 0 Å². The highest BCUT2D eigenvalue weighted by molar-refractivity contribution is 7.90. The molecule has 0 aliphatic rings. The number of rotatable bonds is 4. The summed E-state index contributed by atoms with van der Waals surface area (Å²) in [6, 6.07) is 4.60. The van der Waals surface area contributed by atoms with Crippen molar-refractivity contribution in [2.75, 3.05) is 11.8 Å². The van der Waals surface area contributed by atoms with Gasteiger partial charge in [-0.2, -0.15) is 12.7 Å². The number of anilines is 1. The van der Waals surface area contributed by atoms with E-state index >= 15 is 0 Å². The van der Waals surface area contributed by atoms with Crippen molar-refractivity contribution in [2.24, 2.45) is 0 Å². The summed E-state index contributed by atoms with van der Waals surface area (Å²) in [5, 5.41) is 9.57. The van der Waals surface area contributed by atoms with Crippen molar-refractivity contribution < 1.29 is 13.5 Å². The molecule has 5 nitrogen and oxygen atoms in total. The van der Waals surface area contributed by atoms with Crippen molar-refractivity contribution in [3.63, 3.8) is 0 Å². The first-order valence-electron chi connectivity index (χ1n) is 5.29. The molecule has 2 N–H and O–H groups in total. The van der Waals surface area contributed by atoms with Gasteiger partial charge in [-0.15, -0.1) is 0 Å². The Morgan fingerprint density at radius 1 is 1.35 bits per heavy atom. The van der Waals surface area contributed by atoms with Crippen LogP contribution in [0.5, 0.6) is 5.75 Å². The van der Waals surface area contributed by atoms with Gasteiger partial charge in [0.15, 0.2) is 0 Å². The van der Waals surface area contributed by atoms with Gasteiger partial charge in [0.1, 0.15) is 5.75 Å². The third-order valence-corrected chi connectivity index (χ3v) is 4.16. The van der Waals surface area contributed by atoms with E-state index < -0.39 is 10.2 Å². The van der Waals surface area contributed by atoms with E-state index in [1.54, 1.807) is 26.0 Å². The van der Waals surface area contributed by atoms with Gasteiger partial charge in [0.25, 0.3) is 0 Å². The molecule has 0 atom stereocenters. The number of aromatic hydroxyl groups is 1. The Labute approximate surface area is 102 Å². The Hall–Kier alpha value is -1.27. The van der Waals surface area contributed by atoms with Crippen molar-refractivity contribution in [1.82, 2.24) is 4.31 Å². The molecule has 0 saturated carbocycles. The molecule has 0 aromatic heterocycles. The highest BCUT2D eigenvalue weighted by Gasteiger charge is 2.21. The Kier molecular flexibility index (Phi) is 4.00. The number of phenolic OH excluding ortho intramolecular Hbond substituents is 1. The fourth-order valence-electron chi connectivity index (χ4n) is 1.22. The first kappa shape index (κ1) is 13.8. The van der Waals surface area contributed by atoms with Crippen LogP contribution in [0.4, 0.5) is 5.69 Å². The van der Waals surface area contributed by atoms with Crippen LogP contribution in [0.25, 0.3) is 0 Å². The van der Waals surface area contributed by atoms with Gasteiger partial charge < -0.3 is 5.11 Å². The summed E-state index contributed by atoms with van der Waals surface area (Å²) in [5.74, 6) is -0.0867. The predicted octanol–water partition coefficient (Wildman–Crippen LogP) is 1.70. The average molecular weight is 258 g/mol. The van der Waals surface area contributed by atoms with Crippen molar-refractivity contribution in [1.29, 1.82) is 0 Å². The lowest BCUT2D eigenvalue weighted by molar-refractivity contribution is 0.413. The Balaban J connectivity index is 3.02. The maximum Gasteiger partial charge on any atom is 0.301 e. The minimum atomic E-state index is -3.63. The van der Waals surface area contributed by atoms with Gasteiger partial charge in [-0.25, -0.2) is 0 Å². The number of hydrogen-bond donors (Lipinski definition) is 2. The number of hydrogen-bond acceptors (Lipinski definition) is 3. The van der Waals surface area contributed by atoms with Gasteiger partial charge in [-0.1, -0.05) is 6.07 Å². The van der Waals surface area contributed by atoms with E-state index in [1.165, 1.54) is 17.4 Å². The first-order valence-corrected chi connectivity index (χ1v) is 6.73. The monoisotopic (exact) mass is 258 g/mol. The minimum absolute atomic E-state index is 0.0867. The molecule has 0 aliphatic heterocycles. The molecule has 0 heterocycles. The normalized spacial score (nSPS) is 12.1. The lowest BCUT2D eigenvalue weighted by atomic mass is 10.2. The quantitative estimate of drug-likeness (QED) is 0.808. The molecule has 0 saturated heterocycles. The van der Waals surface area contributed by atoms with Gasteiger partial charge >= 0.3 is 10.2 Å². The first-order chi connectivity index (χ1) is 7.74. The molecule has 0 radical (unpaired) electrons. The molecule has 0 aliphatic carbocycles. The summed E-state index contributed by atoms with van der Waals surface area (Å²) in [4.78, 5) is 0. The Bertz CT molecular complexity index is 497. The van der Waals surface area contributed by atoms with Gasteiger partial charge in [0.05, 0.1) is 5.69 Å². The summed E-state index contributed by atoms with van der Waals surface area (Å²) in [6.45, 7) is 5.37. The van der Waals surface area contributed by atoms with Crippen LogP contribution in [0.15, 0.2) is 18.2 Å². The summed E-state index contributed by atoms with van der Waals surface area (Å²) in [5.41, 5.74) is 1.06. The van der Waals surface area contributed by atoms with Crippen LogP contribution in [0.2, 0.25) is 0 Å². The fourth-order valence-corrected chi connectivity index (χ4v) is 2.36. The van der Waals surface area contributed by atoms with Gasteiger partial charge in [-0.3, -0.25) is 4.72 Å². The molecular formula is C11H18N2O3S. The number of phenols is 1. The topological polar surface area (TPSA) is 69.6 Å². The zero-order valence-corrected chi connectivity index (χ0v) is 11.2. The van der Waals surface area contributed by atoms with E-state index in [0.717, 1.165) is 5.56 Å². The molecule has 17 heavy (non-hydrogen) atoms. The second-order valence-corrected chi connectivity index (χ2v) is 5.97. The number of aryl methyl sites for hydroxylation is 1. The minimum Gasteiger partial charge on any atom is -0.506 e. The van der Waals surface area contributed by atoms with Crippen LogP contribution in [-0.2, 0) is 10.2 Å². The summed E-state index contributed by atoms with van der Waals surface area (Å²) in [6.07, 6.45) is 0. The Morgan fingerprint density at radius 2 is 1.94 bits per heavy atom. The second-order valence-electron chi connectivity index (χ2n) is 4.24. The summed E-state index contributed by atoms with van der Waals surface area (Å²) < 4.78 is 27.4. The molecule has 0 bridgehead atoms. The van der Waals surface area contributed by atoms with E-state index in [4.69, 9.17) is 0 Å². The van der Waals surface area contributed by atoms with E-state index in [1.807, 2.05) is 6.92 Å². The lowest BCUT2D eigenvalue weighted by Crippen LogP contribution is -2.37. The molecule has 0 amide bonds. The predicted molar refractivity (Wildman–Crippen MR) is 68.3 cm³/mol. The molecular weight excluding hydrogens is 240 g/mol. The molecule has 0 unspecified atom stereocenters. The zero-order chi connectivity index (χ0) is 13.2. The van der Waals surface area contributed by atoms with Crippen LogP contribution in [0, 0.1) is 6.92 Å². The maximum atomic E-state index is 11.9. The molecule has 0 fully saturated rings. The fraction of sp³-hybridized carbons (Fsp3) is 0.455. The molecule has 1 aromatic rings. The smallest absolute Gasteiger partial charge is 0.301 e. The third kappa shape index (κ3) is 3.34. The highest BCUT2D eigenvalue weighted by Crippen LogP contribution is 2.25. The van der Waals surface area contributed by atoms with E-state index in [9.17, 15) is 13.5 Å². The van der Waals surface area contributed by atoms with E-state index in [2.05, 4.69) is 4.72 Å². The number of nitrogens with zero attached hydrogens (tertiary/aromatic N) is 1. The van der Waals surface area contributed by atoms with E-state index in [-0.39, 0.29) is 17.5 Å². The van der Waals surface area contributed by atoms with Crippen molar-refractivity contribution in [3.8, 4) is 5.75 Å². The molecule has 96 valence electrons. The van der Waals surface area contributed by atoms with Crippen LogP contribution in [0.1, 0.15) is 19.4 Å². The van der Waals surface area contributed by atoms with Crippen LogP contribution in [-0.4, -0.2) is 30.9 Å². The second kappa shape index (κ2) is 4.93. The molecule has 1 aromatic carbocycles. The summed E-state index contributed by atoms with van der Waals surface area (Å²) in [7, 11) is -2.14. The number of benzene rings is 1. The molecule has 0 spiro atoms. The number of nitrogens with one attached hydrogen (secondary N) is 1. The van der Waals surface area contributed by atoms with Crippen molar-refractivity contribution in [2.45, 2.75) is 26.8 Å². The summed E-state index contributed by atoms with van der Waals surface area (Å²) >= 11 is 0. The van der Waals surface area contributed by atoms with Crippen LogP contribution < -0.4 is 4.72 Å². The van der Waals surface area contributed by atoms with E-state index in [0.29, 0.717) is 0 Å². The molecule has 1 rings (SSSR count). The molecule has 6 heteroatoms. The van der Waals surface area contributed by atoms with Crippen molar-refractivity contribution >= 4 is 15.9 Å². The van der Waals surface area contributed by atoms with Crippen molar-refractivity contribution in [3.05, 3.63) is 23.8 Å². The highest BCUT2D eigenvalue weighted by atomic mass is 32.2. The SMILES string of the molecule is Cc1ccc(O)c(NS(=O)(=O)N(C)C(C)C)c1. The zero-order valence-electron chi connectivity index (χ0n) is 10.4. The Morgan fingerprint density at radius 3 is 2.47 bits per heavy atom. The average Bonchev–Trinajstić information content (AvgIpc) is 2.21. The third-order valence-electron chi connectivity index (χ3n) is 2.50. The lowest BCUT2D eigenvalue weighted by Gasteiger charge is -2.22. The standard InChI is InChI=1S/C11H18N2O3S/c1-8(2)13(4)17(15,16)12-10-7-9(3)5-6-11(10)14/h5-8,12,14H,1-4H3. The largest absolute Gasteiger partial charge is 0.506 e. The van der Waals surface area contributed by atoms with Gasteiger partial charge in [-0.05, 0) is 38.5 Å². The van der Waals surface area contributed by atoms with Gasteiger partial charge in [0.2, 0.25) is 0 Å².